The third-order valence-corrected chi connectivity index (χ3v) is 1.88. The number of rotatable bonds is 3. The minimum Gasteiger partial charge on any atom is -0.505 e. The van der Waals surface area contributed by atoms with Crippen molar-refractivity contribution in [2.45, 2.75) is 19.9 Å². The lowest BCUT2D eigenvalue weighted by Crippen LogP contribution is -2.07. The van der Waals surface area contributed by atoms with Crippen LogP contribution in [0.5, 0.6) is 5.75 Å². The van der Waals surface area contributed by atoms with Crippen molar-refractivity contribution in [3.8, 4) is 5.75 Å². The maximum atomic E-state index is 13.0. The van der Waals surface area contributed by atoms with E-state index in [1.165, 1.54) is 6.07 Å². The highest BCUT2D eigenvalue weighted by molar-refractivity contribution is 5.37. The van der Waals surface area contributed by atoms with Crippen molar-refractivity contribution >= 4 is 0 Å². The molecule has 0 aliphatic rings. The second-order valence-electron chi connectivity index (χ2n) is 2.77. The Morgan fingerprint density at radius 1 is 1.46 bits per heavy atom. The summed E-state index contributed by atoms with van der Waals surface area (Å²) < 4.78 is 13.0. The van der Waals surface area contributed by atoms with Gasteiger partial charge in [0.25, 0.3) is 0 Å². The molecule has 0 unspecified atom stereocenters. The molecule has 0 bridgehead atoms. The summed E-state index contributed by atoms with van der Waals surface area (Å²) >= 11 is 0. The summed E-state index contributed by atoms with van der Waals surface area (Å²) in [7, 11) is 0. The molecule has 13 heavy (non-hydrogen) atoms. The fourth-order valence-corrected chi connectivity index (χ4v) is 1.14. The summed E-state index contributed by atoms with van der Waals surface area (Å²) in [5.74, 6) is -1.05. The molecular weight excluding hydrogens is 173 g/mol. The number of aryl methyl sites for hydroxylation is 1. The van der Waals surface area contributed by atoms with Crippen LogP contribution in [0.25, 0.3) is 0 Å². The molecule has 0 aromatic heterocycles. The summed E-state index contributed by atoms with van der Waals surface area (Å²) in [6, 6.07) is 2.94. The van der Waals surface area contributed by atoms with Crippen LogP contribution in [0.4, 0.5) is 4.39 Å². The van der Waals surface area contributed by atoms with Crippen LogP contribution in [-0.4, -0.2) is 10.3 Å². The van der Waals surface area contributed by atoms with Crippen molar-refractivity contribution in [1.82, 2.24) is 5.48 Å². The average Bonchev–Trinajstić information content (AvgIpc) is 2.13. The normalized spacial score (nSPS) is 10.4. The van der Waals surface area contributed by atoms with Gasteiger partial charge in [0.1, 0.15) is 0 Å². The first-order chi connectivity index (χ1) is 6.19. The Hall–Kier alpha value is -1.13. The summed E-state index contributed by atoms with van der Waals surface area (Å²) in [5.41, 5.74) is 3.03. The van der Waals surface area contributed by atoms with Gasteiger partial charge in [0, 0.05) is 12.1 Å². The molecule has 4 heteroatoms. The molecule has 1 aromatic rings. The SMILES string of the molecule is CCc1cc(F)c(O)c(CNO)c1. The maximum absolute atomic E-state index is 13.0. The van der Waals surface area contributed by atoms with E-state index in [0.717, 1.165) is 5.56 Å². The van der Waals surface area contributed by atoms with Gasteiger partial charge in [-0.25, -0.2) is 9.87 Å². The fraction of sp³-hybridized carbons (Fsp3) is 0.333. The number of nitrogens with one attached hydrogen (secondary N) is 1. The van der Waals surface area contributed by atoms with Crippen LogP contribution in [0.1, 0.15) is 18.1 Å². The Morgan fingerprint density at radius 2 is 2.15 bits per heavy atom. The zero-order valence-corrected chi connectivity index (χ0v) is 7.34. The Balaban J connectivity index is 3.09. The van der Waals surface area contributed by atoms with Gasteiger partial charge in [0.05, 0.1) is 0 Å². The Labute approximate surface area is 75.8 Å². The Kier molecular flexibility index (Phi) is 3.22. The molecule has 0 saturated carbocycles. The second-order valence-corrected chi connectivity index (χ2v) is 2.77. The molecular formula is C9H12FNO2. The predicted molar refractivity (Wildman–Crippen MR) is 46.1 cm³/mol. The van der Waals surface area contributed by atoms with Crippen molar-refractivity contribution < 1.29 is 14.7 Å². The lowest BCUT2D eigenvalue weighted by molar-refractivity contribution is 0.160. The van der Waals surface area contributed by atoms with Gasteiger partial charge in [0.2, 0.25) is 0 Å². The van der Waals surface area contributed by atoms with Gasteiger partial charge in [-0.2, -0.15) is 0 Å². The molecule has 0 aliphatic heterocycles. The van der Waals surface area contributed by atoms with Crippen molar-refractivity contribution in [2.24, 2.45) is 0 Å². The van der Waals surface area contributed by atoms with Gasteiger partial charge in [-0.05, 0) is 18.1 Å². The van der Waals surface area contributed by atoms with E-state index in [1.54, 1.807) is 6.07 Å². The molecule has 0 spiro atoms. The molecule has 3 N–H and O–H groups in total. The zero-order chi connectivity index (χ0) is 9.84. The minimum atomic E-state index is -0.649. The third-order valence-electron chi connectivity index (χ3n) is 1.88. The average molecular weight is 185 g/mol. The van der Waals surface area contributed by atoms with E-state index in [1.807, 2.05) is 12.4 Å². The third kappa shape index (κ3) is 2.17. The zero-order valence-electron chi connectivity index (χ0n) is 7.34. The summed E-state index contributed by atoms with van der Waals surface area (Å²) in [6.45, 7) is 1.93. The molecule has 0 atom stereocenters. The Morgan fingerprint density at radius 3 is 2.69 bits per heavy atom. The molecule has 1 rings (SSSR count). The number of phenols is 1. The second kappa shape index (κ2) is 4.20. The Bertz CT molecular complexity index is 302. The molecule has 1 aromatic carbocycles. The van der Waals surface area contributed by atoms with E-state index >= 15 is 0 Å². The highest BCUT2D eigenvalue weighted by Gasteiger charge is 2.08. The van der Waals surface area contributed by atoms with Crippen LogP contribution >= 0.6 is 0 Å². The number of hydrogen-bond acceptors (Lipinski definition) is 3. The van der Waals surface area contributed by atoms with E-state index in [4.69, 9.17) is 5.21 Å². The number of aromatic hydroxyl groups is 1. The van der Waals surface area contributed by atoms with Gasteiger partial charge in [-0.3, -0.25) is 0 Å². The van der Waals surface area contributed by atoms with E-state index < -0.39 is 11.6 Å². The van der Waals surface area contributed by atoms with Crippen LogP contribution in [0, 0.1) is 5.82 Å². The van der Waals surface area contributed by atoms with Crippen LogP contribution in [-0.2, 0) is 13.0 Å². The van der Waals surface area contributed by atoms with Crippen LogP contribution < -0.4 is 5.48 Å². The number of benzene rings is 1. The molecule has 0 radical (unpaired) electrons. The summed E-state index contributed by atoms with van der Waals surface area (Å²) in [5, 5.41) is 17.6. The topological polar surface area (TPSA) is 52.5 Å². The van der Waals surface area contributed by atoms with Crippen molar-refractivity contribution in [1.29, 1.82) is 0 Å². The van der Waals surface area contributed by atoms with E-state index in [-0.39, 0.29) is 6.54 Å². The lowest BCUT2D eigenvalue weighted by Gasteiger charge is -2.06. The minimum absolute atomic E-state index is 0.0383. The fourth-order valence-electron chi connectivity index (χ4n) is 1.14. The number of hydrogen-bond donors (Lipinski definition) is 3. The van der Waals surface area contributed by atoms with Gasteiger partial charge in [-0.1, -0.05) is 13.0 Å². The van der Waals surface area contributed by atoms with Crippen molar-refractivity contribution in [2.75, 3.05) is 0 Å². The van der Waals surface area contributed by atoms with Crippen LogP contribution in [0.15, 0.2) is 12.1 Å². The summed E-state index contributed by atoms with van der Waals surface area (Å²) in [6.07, 6.45) is 0.690. The lowest BCUT2D eigenvalue weighted by atomic mass is 10.1. The van der Waals surface area contributed by atoms with E-state index in [2.05, 4.69) is 0 Å². The monoisotopic (exact) mass is 185 g/mol. The quantitative estimate of drug-likeness (QED) is 0.626. The number of phenolic OH excluding ortho intramolecular Hbond substituents is 1. The smallest absolute Gasteiger partial charge is 0.165 e. The first kappa shape index (κ1) is 9.95. The van der Waals surface area contributed by atoms with Crippen molar-refractivity contribution in [3.05, 3.63) is 29.1 Å². The standard InChI is InChI=1S/C9H12FNO2/c1-2-6-3-7(5-11-13)9(12)8(10)4-6/h3-4,11-13H,2,5H2,1H3. The van der Waals surface area contributed by atoms with Gasteiger partial charge in [-0.15, -0.1) is 0 Å². The first-order valence-corrected chi connectivity index (χ1v) is 4.06. The van der Waals surface area contributed by atoms with E-state index in [0.29, 0.717) is 12.0 Å². The molecule has 0 amide bonds. The molecule has 0 fully saturated rings. The highest BCUT2D eigenvalue weighted by atomic mass is 19.1. The highest BCUT2D eigenvalue weighted by Crippen LogP contribution is 2.23. The number of hydroxylamine groups is 1. The van der Waals surface area contributed by atoms with Gasteiger partial charge >= 0.3 is 0 Å². The predicted octanol–water partition coefficient (Wildman–Crippen LogP) is 1.57. The maximum Gasteiger partial charge on any atom is 0.165 e. The van der Waals surface area contributed by atoms with Crippen molar-refractivity contribution in [3.63, 3.8) is 0 Å². The molecule has 0 aliphatic carbocycles. The molecule has 0 heterocycles. The number of halogens is 1. The largest absolute Gasteiger partial charge is 0.505 e. The first-order valence-electron chi connectivity index (χ1n) is 4.06. The summed E-state index contributed by atoms with van der Waals surface area (Å²) in [4.78, 5) is 0. The van der Waals surface area contributed by atoms with Crippen LogP contribution in [0.2, 0.25) is 0 Å². The molecule has 0 saturated heterocycles. The molecule has 72 valence electrons. The van der Waals surface area contributed by atoms with E-state index in [9.17, 15) is 9.50 Å². The van der Waals surface area contributed by atoms with Gasteiger partial charge < -0.3 is 10.3 Å². The van der Waals surface area contributed by atoms with Gasteiger partial charge in [0.15, 0.2) is 11.6 Å². The van der Waals surface area contributed by atoms with Crippen LogP contribution in [0.3, 0.4) is 0 Å². The molecule has 3 nitrogen and oxygen atoms in total.